The molecule has 0 spiro atoms. The van der Waals surface area contributed by atoms with Crippen molar-refractivity contribution in [2.75, 3.05) is 7.11 Å². The van der Waals surface area contributed by atoms with Gasteiger partial charge in [0, 0.05) is 6.08 Å². The first-order valence-corrected chi connectivity index (χ1v) is 3.68. The van der Waals surface area contributed by atoms with Crippen molar-refractivity contribution < 1.29 is 19.3 Å². The number of rotatable bonds is 2. The second kappa shape index (κ2) is 2.82. The van der Waals surface area contributed by atoms with E-state index >= 15 is 0 Å². The summed E-state index contributed by atoms with van der Waals surface area (Å²) < 4.78 is 4.42. The summed E-state index contributed by atoms with van der Waals surface area (Å²) in [6.07, 6.45) is 3.84. The molecule has 0 aliphatic carbocycles. The fraction of sp³-hybridized carbons (Fsp3) is 0.429. The molecule has 0 bridgehead atoms. The maximum atomic E-state index is 10.8. The second-order valence-corrected chi connectivity index (χ2v) is 2.60. The van der Waals surface area contributed by atoms with Gasteiger partial charge in [-0.1, -0.05) is 0 Å². The topological polar surface area (TPSA) is 69.2 Å². The zero-order valence-corrected chi connectivity index (χ0v) is 6.89. The third-order valence-electron chi connectivity index (χ3n) is 1.81. The lowest BCUT2D eigenvalue weighted by molar-refractivity contribution is -0.493. The van der Waals surface area contributed by atoms with Gasteiger partial charge in [0.1, 0.15) is 0 Å². The highest BCUT2D eigenvalue weighted by Crippen LogP contribution is 2.32. The molecule has 2 heterocycles. The summed E-state index contributed by atoms with van der Waals surface area (Å²) in [6, 6.07) is 0. The number of carbonyl (C=O) groups is 1. The predicted octanol–water partition coefficient (Wildman–Crippen LogP) is -0.669. The van der Waals surface area contributed by atoms with Crippen molar-refractivity contribution in [3.63, 3.8) is 0 Å². The molecule has 1 N–H and O–H groups in total. The average Bonchev–Trinajstić information content (AvgIpc) is 2.40. The van der Waals surface area contributed by atoms with E-state index in [1.54, 1.807) is 0 Å². The number of aliphatic imine (C=N–C) groups is 1. The van der Waals surface area contributed by atoms with E-state index in [0.717, 1.165) is 0 Å². The lowest BCUT2D eigenvalue weighted by atomic mass is 10.1. The molecule has 0 aromatic rings. The number of esters is 1. The van der Waals surface area contributed by atoms with Crippen molar-refractivity contribution in [3.8, 4) is 0 Å². The first kappa shape index (κ1) is 8.21. The summed E-state index contributed by atoms with van der Waals surface area (Å²) in [5.74, 6) is -0.447. The maximum absolute atomic E-state index is 10.8. The third-order valence-corrected chi connectivity index (χ3v) is 1.81. The Balaban J connectivity index is 2.02. The van der Waals surface area contributed by atoms with E-state index in [-0.39, 0.29) is 0 Å². The lowest BCUT2D eigenvalue weighted by Gasteiger charge is -2.37. The minimum Gasteiger partial charge on any atom is -0.466 e. The van der Waals surface area contributed by atoms with Gasteiger partial charge in [-0.05, 0) is 6.08 Å². The lowest BCUT2D eigenvalue weighted by Crippen LogP contribution is -2.59. The smallest absolute Gasteiger partial charge is 0.330 e. The molecule has 1 saturated heterocycles. The summed E-state index contributed by atoms with van der Waals surface area (Å²) in [4.78, 5) is 24.1. The van der Waals surface area contributed by atoms with Crippen molar-refractivity contribution in [2.24, 2.45) is 4.99 Å². The van der Waals surface area contributed by atoms with Crippen LogP contribution in [-0.4, -0.2) is 31.4 Å². The van der Waals surface area contributed by atoms with Crippen molar-refractivity contribution in [1.82, 2.24) is 5.32 Å². The SMILES string of the molecule is COC(=O)/C=C/C12NC=NC1OO2. The van der Waals surface area contributed by atoms with Gasteiger partial charge in [-0.25, -0.2) is 14.7 Å². The summed E-state index contributed by atoms with van der Waals surface area (Å²) in [7, 11) is 1.30. The average molecular weight is 184 g/mol. The molecule has 2 aliphatic heterocycles. The Kier molecular flexibility index (Phi) is 1.78. The molecule has 2 atom stereocenters. The van der Waals surface area contributed by atoms with Crippen LogP contribution in [0.5, 0.6) is 0 Å². The normalized spacial score (nSPS) is 35.3. The zero-order valence-electron chi connectivity index (χ0n) is 6.89. The highest BCUT2D eigenvalue weighted by Gasteiger charge is 2.52. The molecule has 2 rings (SSSR count). The van der Waals surface area contributed by atoms with Gasteiger partial charge in [0.05, 0.1) is 13.4 Å². The zero-order chi connectivity index (χ0) is 9.31. The molecule has 2 unspecified atom stereocenters. The number of carbonyl (C=O) groups excluding carboxylic acids is 1. The molecule has 6 heteroatoms. The largest absolute Gasteiger partial charge is 0.466 e. The number of ether oxygens (including phenoxy) is 1. The fourth-order valence-electron chi connectivity index (χ4n) is 1.05. The summed E-state index contributed by atoms with van der Waals surface area (Å²) in [5, 5.41) is 2.82. The number of hydrogen-bond donors (Lipinski definition) is 1. The van der Waals surface area contributed by atoms with Gasteiger partial charge in [-0.15, -0.1) is 0 Å². The third kappa shape index (κ3) is 1.20. The maximum Gasteiger partial charge on any atom is 0.330 e. The predicted molar refractivity (Wildman–Crippen MR) is 41.5 cm³/mol. The summed E-state index contributed by atoms with van der Waals surface area (Å²) >= 11 is 0. The van der Waals surface area contributed by atoms with Crippen LogP contribution < -0.4 is 5.32 Å². The standard InChI is InChI=1S/C7H8N2O4/c1-11-5(10)2-3-7-6(12-13-7)8-4-9-7/h2-4,6H,1H3,(H,8,9)/b3-2+. The van der Waals surface area contributed by atoms with Gasteiger partial charge in [0.2, 0.25) is 12.0 Å². The first-order valence-electron chi connectivity index (χ1n) is 3.68. The van der Waals surface area contributed by atoms with Crippen LogP contribution >= 0.6 is 0 Å². The van der Waals surface area contributed by atoms with Gasteiger partial charge in [0.25, 0.3) is 0 Å². The number of methoxy groups -OCH3 is 1. The van der Waals surface area contributed by atoms with E-state index in [2.05, 4.69) is 19.9 Å². The highest BCUT2D eigenvalue weighted by atomic mass is 17.3. The Bertz CT molecular complexity index is 288. The molecular weight excluding hydrogens is 176 g/mol. The number of hydrogen-bond acceptors (Lipinski definition) is 6. The Labute approximate surface area is 74.1 Å². The Morgan fingerprint density at radius 2 is 2.69 bits per heavy atom. The molecule has 2 aliphatic rings. The number of nitrogens with one attached hydrogen (secondary N) is 1. The van der Waals surface area contributed by atoms with Crippen LogP contribution in [0.25, 0.3) is 0 Å². The van der Waals surface area contributed by atoms with Gasteiger partial charge in [0.15, 0.2) is 0 Å². The van der Waals surface area contributed by atoms with Crippen LogP contribution in [0.1, 0.15) is 0 Å². The molecular formula is C7H8N2O4. The van der Waals surface area contributed by atoms with Crippen LogP contribution in [0.2, 0.25) is 0 Å². The minimum absolute atomic E-state index is 0.409. The van der Waals surface area contributed by atoms with Gasteiger partial charge in [-0.2, -0.15) is 4.89 Å². The van der Waals surface area contributed by atoms with Crippen LogP contribution in [-0.2, 0) is 19.3 Å². The molecule has 70 valence electrons. The van der Waals surface area contributed by atoms with Crippen LogP contribution in [0, 0.1) is 0 Å². The molecule has 0 aromatic carbocycles. The Morgan fingerprint density at radius 3 is 3.23 bits per heavy atom. The second-order valence-electron chi connectivity index (χ2n) is 2.60. The highest BCUT2D eigenvalue weighted by molar-refractivity contribution is 5.82. The Morgan fingerprint density at radius 1 is 1.85 bits per heavy atom. The molecule has 0 radical (unpaired) electrons. The van der Waals surface area contributed by atoms with Crippen molar-refractivity contribution >= 4 is 12.3 Å². The monoisotopic (exact) mass is 184 g/mol. The fourth-order valence-corrected chi connectivity index (χ4v) is 1.05. The molecule has 13 heavy (non-hydrogen) atoms. The van der Waals surface area contributed by atoms with Crippen molar-refractivity contribution in [2.45, 2.75) is 12.0 Å². The minimum atomic E-state index is -0.811. The van der Waals surface area contributed by atoms with E-state index in [1.165, 1.54) is 25.6 Å². The molecule has 6 nitrogen and oxygen atoms in total. The summed E-state index contributed by atoms with van der Waals surface area (Å²) in [6.45, 7) is 0. The molecule has 0 amide bonds. The van der Waals surface area contributed by atoms with E-state index in [9.17, 15) is 4.79 Å². The molecule has 0 aromatic heterocycles. The van der Waals surface area contributed by atoms with Gasteiger partial charge >= 0.3 is 5.97 Å². The van der Waals surface area contributed by atoms with E-state index in [0.29, 0.717) is 0 Å². The van der Waals surface area contributed by atoms with E-state index in [4.69, 9.17) is 4.89 Å². The first-order chi connectivity index (χ1) is 6.27. The number of fused-ring (bicyclic) bond motifs is 1. The molecule has 1 fully saturated rings. The van der Waals surface area contributed by atoms with Crippen LogP contribution in [0.4, 0.5) is 0 Å². The Hall–Kier alpha value is -1.40. The summed E-state index contributed by atoms with van der Waals surface area (Å²) in [5.41, 5.74) is -0.811. The van der Waals surface area contributed by atoms with Crippen LogP contribution in [0.15, 0.2) is 17.1 Å². The van der Waals surface area contributed by atoms with Gasteiger partial charge in [-0.3, -0.25) is 0 Å². The number of nitrogens with zero attached hydrogens (tertiary/aromatic N) is 1. The molecule has 0 saturated carbocycles. The van der Waals surface area contributed by atoms with E-state index < -0.39 is 17.9 Å². The van der Waals surface area contributed by atoms with Gasteiger partial charge < -0.3 is 10.1 Å². The van der Waals surface area contributed by atoms with Crippen LogP contribution in [0.3, 0.4) is 0 Å². The van der Waals surface area contributed by atoms with Crippen molar-refractivity contribution in [1.29, 1.82) is 0 Å². The van der Waals surface area contributed by atoms with Crippen molar-refractivity contribution in [3.05, 3.63) is 12.2 Å². The van der Waals surface area contributed by atoms with E-state index in [1.807, 2.05) is 0 Å². The quantitative estimate of drug-likeness (QED) is 0.350.